The monoisotopic (exact) mass is 406 g/mol. The lowest BCUT2D eigenvalue weighted by atomic mass is 10.2. The topological polar surface area (TPSA) is 151 Å². The van der Waals surface area contributed by atoms with Crippen LogP contribution in [0.1, 0.15) is 11.1 Å². The van der Waals surface area contributed by atoms with E-state index in [2.05, 4.69) is 9.98 Å². The Kier molecular flexibility index (Phi) is 5.78. The maximum Gasteiger partial charge on any atom is 0.270 e. The van der Waals surface area contributed by atoms with Crippen molar-refractivity contribution in [1.82, 2.24) is 0 Å². The van der Waals surface area contributed by atoms with Crippen LogP contribution in [0, 0.1) is 20.2 Å². The van der Waals surface area contributed by atoms with Crippen LogP contribution < -0.4 is 0 Å². The summed E-state index contributed by atoms with van der Waals surface area (Å²) in [6.45, 7) is 0. The molecular weight excluding hydrogens is 392 g/mol. The van der Waals surface area contributed by atoms with Crippen molar-refractivity contribution in [2.75, 3.05) is 0 Å². The molecule has 0 aliphatic rings. The SMILES string of the molecule is O=[N+]([O-])c1ccc(O)c(C=Nc2cccc(N=Cc3cc([N+](=O)[O-])ccc3O)c2)c1. The van der Waals surface area contributed by atoms with Crippen molar-refractivity contribution in [2.24, 2.45) is 9.98 Å². The molecule has 0 heterocycles. The zero-order valence-electron chi connectivity index (χ0n) is 15.2. The first kappa shape index (κ1) is 20.1. The number of aliphatic imine (C=N–C) groups is 2. The Morgan fingerprint density at radius 1 is 0.700 bits per heavy atom. The predicted molar refractivity (Wildman–Crippen MR) is 110 cm³/mol. The van der Waals surface area contributed by atoms with Gasteiger partial charge in [0, 0.05) is 47.8 Å². The van der Waals surface area contributed by atoms with Crippen LogP contribution in [0.2, 0.25) is 0 Å². The molecule has 3 aromatic rings. The number of nitro groups is 2. The summed E-state index contributed by atoms with van der Waals surface area (Å²) >= 11 is 0. The number of phenols is 2. The second kappa shape index (κ2) is 8.61. The molecule has 0 spiro atoms. The Labute approximate surface area is 169 Å². The van der Waals surface area contributed by atoms with Gasteiger partial charge in [-0.1, -0.05) is 6.07 Å². The predicted octanol–water partition coefficient (Wildman–Crippen LogP) is 4.42. The molecule has 150 valence electrons. The number of aromatic hydroxyl groups is 2. The van der Waals surface area contributed by atoms with Gasteiger partial charge in [0.1, 0.15) is 11.5 Å². The molecule has 0 aromatic heterocycles. The highest BCUT2D eigenvalue weighted by Gasteiger charge is 2.10. The normalized spacial score (nSPS) is 11.2. The van der Waals surface area contributed by atoms with Gasteiger partial charge in [-0.2, -0.15) is 0 Å². The van der Waals surface area contributed by atoms with Gasteiger partial charge in [0.15, 0.2) is 0 Å². The lowest BCUT2D eigenvalue weighted by Crippen LogP contribution is -1.90. The maximum absolute atomic E-state index is 10.9. The number of nitro benzene ring substituents is 2. The molecule has 0 amide bonds. The summed E-state index contributed by atoms with van der Waals surface area (Å²) in [4.78, 5) is 29.0. The highest BCUT2D eigenvalue weighted by atomic mass is 16.6. The van der Waals surface area contributed by atoms with E-state index in [-0.39, 0.29) is 34.0 Å². The van der Waals surface area contributed by atoms with Crippen molar-refractivity contribution >= 4 is 35.2 Å². The summed E-state index contributed by atoms with van der Waals surface area (Å²) < 4.78 is 0. The first-order chi connectivity index (χ1) is 14.3. The third kappa shape index (κ3) is 4.81. The quantitative estimate of drug-likeness (QED) is 0.351. The van der Waals surface area contributed by atoms with Crippen molar-refractivity contribution < 1.29 is 20.1 Å². The molecule has 2 N–H and O–H groups in total. The molecular formula is C20H14N4O6. The first-order valence-corrected chi connectivity index (χ1v) is 8.46. The van der Waals surface area contributed by atoms with Crippen LogP contribution in [0.4, 0.5) is 22.7 Å². The van der Waals surface area contributed by atoms with E-state index in [9.17, 15) is 30.4 Å². The zero-order chi connectivity index (χ0) is 21.7. The van der Waals surface area contributed by atoms with E-state index >= 15 is 0 Å². The Bertz CT molecular complexity index is 1100. The molecule has 0 bridgehead atoms. The molecule has 0 fully saturated rings. The van der Waals surface area contributed by atoms with Crippen LogP contribution in [-0.2, 0) is 0 Å². The van der Waals surface area contributed by atoms with E-state index in [4.69, 9.17) is 0 Å². The molecule has 0 saturated heterocycles. The van der Waals surface area contributed by atoms with Crippen LogP contribution >= 0.6 is 0 Å². The van der Waals surface area contributed by atoms with E-state index in [0.717, 1.165) is 0 Å². The fourth-order valence-corrected chi connectivity index (χ4v) is 2.46. The highest BCUT2D eigenvalue weighted by Crippen LogP contribution is 2.25. The van der Waals surface area contributed by atoms with Crippen LogP contribution in [0.25, 0.3) is 0 Å². The number of non-ortho nitro benzene ring substituents is 2. The van der Waals surface area contributed by atoms with Gasteiger partial charge >= 0.3 is 0 Å². The number of hydrogen-bond acceptors (Lipinski definition) is 8. The highest BCUT2D eigenvalue weighted by molar-refractivity contribution is 5.88. The van der Waals surface area contributed by atoms with Gasteiger partial charge in [-0.05, 0) is 30.3 Å². The van der Waals surface area contributed by atoms with Crippen molar-refractivity contribution in [2.45, 2.75) is 0 Å². The number of benzene rings is 3. The van der Waals surface area contributed by atoms with E-state index < -0.39 is 9.85 Å². The molecule has 0 unspecified atom stereocenters. The van der Waals surface area contributed by atoms with E-state index in [0.29, 0.717) is 11.4 Å². The molecule has 0 radical (unpaired) electrons. The minimum Gasteiger partial charge on any atom is -0.507 e. The van der Waals surface area contributed by atoms with E-state index in [1.54, 1.807) is 24.3 Å². The van der Waals surface area contributed by atoms with Crippen molar-refractivity contribution in [3.63, 3.8) is 0 Å². The number of nitrogens with zero attached hydrogens (tertiary/aromatic N) is 4. The van der Waals surface area contributed by atoms with Gasteiger partial charge in [0.05, 0.1) is 21.2 Å². The van der Waals surface area contributed by atoms with E-state index in [1.807, 2.05) is 0 Å². The molecule has 0 saturated carbocycles. The van der Waals surface area contributed by atoms with Gasteiger partial charge < -0.3 is 10.2 Å². The fourth-order valence-electron chi connectivity index (χ4n) is 2.46. The largest absolute Gasteiger partial charge is 0.507 e. The third-order valence-electron chi connectivity index (χ3n) is 3.98. The lowest BCUT2D eigenvalue weighted by molar-refractivity contribution is -0.385. The van der Waals surface area contributed by atoms with Gasteiger partial charge in [-0.25, -0.2) is 0 Å². The minimum absolute atomic E-state index is 0.153. The number of phenolic OH excluding ortho intramolecular Hbond substituents is 2. The molecule has 0 aliphatic carbocycles. The fraction of sp³-hybridized carbons (Fsp3) is 0. The molecule has 0 atom stereocenters. The average Bonchev–Trinajstić information content (AvgIpc) is 2.72. The summed E-state index contributed by atoms with van der Waals surface area (Å²) in [6.07, 6.45) is 2.58. The lowest BCUT2D eigenvalue weighted by Gasteiger charge is -2.01. The molecule has 0 aliphatic heterocycles. The third-order valence-corrected chi connectivity index (χ3v) is 3.98. The van der Waals surface area contributed by atoms with Gasteiger partial charge in [-0.15, -0.1) is 0 Å². The summed E-state index contributed by atoms with van der Waals surface area (Å²) in [7, 11) is 0. The minimum atomic E-state index is -0.574. The average molecular weight is 406 g/mol. The van der Waals surface area contributed by atoms with Crippen molar-refractivity contribution in [3.8, 4) is 11.5 Å². The maximum atomic E-state index is 10.9. The van der Waals surface area contributed by atoms with Crippen molar-refractivity contribution in [1.29, 1.82) is 0 Å². The smallest absolute Gasteiger partial charge is 0.270 e. The van der Waals surface area contributed by atoms with Gasteiger partial charge in [-0.3, -0.25) is 30.2 Å². The second-order valence-corrected chi connectivity index (χ2v) is 6.04. The number of rotatable bonds is 6. The van der Waals surface area contributed by atoms with E-state index in [1.165, 1.54) is 48.8 Å². The van der Waals surface area contributed by atoms with Gasteiger partial charge in [0.2, 0.25) is 0 Å². The summed E-state index contributed by atoms with van der Waals surface area (Å²) in [5.74, 6) is -0.306. The Balaban J connectivity index is 1.84. The van der Waals surface area contributed by atoms with Crippen molar-refractivity contribution in [3.05, 3.63) is 92.0 Å². The Morgan fingerprint density at radius 3 is 1.53 bits per heavy atom. The second-order valence-electron chi connectivity index (χ2n) is 6.04. The summed E-state index contributed by atoms with van der Waals surface area (Å²) in [5, 5.41) is 41.4. The van der Waals surface area contributed by atoms with Crippen LogP contribution in [0.5, 0.6) is 11.5 Å². The Morgan fingerprint density at radius 2 is 1.13 bits per heavy atom. The molecule has 10 heteroatoms. The van der Waals surface area contributed by atoms with Crippen LogP contribution in [0.15, 0.2) is 70.6 Å². The van der Waals surface area contributed by atoms with Crippen LogP contribution in [-0.4, -0.2) is 32.5 Å². The number of hydrogen-bond donors (Lipinski definition) is 2. The molecule has 3 rings (SSSR count). The summed E-state index contributed by atoms with van der Waals surface area (Å²) in [5.41, 5.74) is 0.922. The Hall–Kier alpha value is -4.60. The van der Waals surface area contributed by atoms with Crippen LogP contribution in [0.3, 0.4) is 0 Å². The standard InChI is InChI=1S/C20H14N4O6/c25-19-6-4-17(23(27)28)8-13(19)11-21-15-2-1-3-16(10-15)22-12-14-9-18(24(29)30)5-7-20(14)26/h1-12,25-26H. The molecule has 10 nitrogen and oxygen atoms in total. The zero-order valence-corrected chi connectivity index (χ0v) is 15.2. The first-order valence-electron chi connectivity index (χ1n) is 8.46. The van der Waals surface area contributed by atoms with Gasteiger partial charge in [0.25, 0.3) is 11.4 Å². The molecule has 30 heavy (non-hydrogen) atoms. The molecule has 3 aromatic carbocycles. The summed E-state index contributed by atoms with van der Waals surface area (Å²) in [6, 6.07) is 13.8.